The summed E-state index contributed by atoms with van der Waals surface area (Å²) >= 11 is 0. The minimum Gasteiger partial charge on any atom is -0.469 e. The van der Waals surface area contributed by atoms with E-state index in [1.807, 2.05) is 4.90 Å². The van der Waals surface area contributed by atoms with Gasteiger partial charge < -0.3 is 15.0 Å². The van der Waals surface area contributed by atoms with Gasteiger partial charge in [0, 0.05) is 45.2 Å². The summed E-state index contributed by atoms with van der Waals surface area (Å²) in [5, 5.41) is 2.94. The van der Waals surface area contributed by atoms with Crippen LogP contribution in [0.1, 0.15) is 44.9 Å². The standard InChI is InChI=1S/C16H29N3O3/c1-22-15(20)8-4-5-9-17-16(21)19-12-10-18(11-13-19)14-6-2-3-7-14/h14H,2-13H2,1H3,(H,17,21). The highest BCUT2D eigenvalue weighted by Gasteiger charge is 2.27. The Morgan fingerprint density at radius 3 is 2.41 bits per heavy atom. The topological polar surface area (TPSA) is 61.9 Å². The molecule has 1 N–H and O–H groups in total. The summed E-state index contributed by atoms with van der Waals surface area (Å²) in [7, 11) is 1.40. The van der Waals surface area contributed by atoms with E-state index in [9.17, 15) is 9.59 Å². The van der Waals surface area contributed by atoms with Crippen molar-refractivity contribution in [3.8, 4) is 0 Å². The highest BCUT2D eigenvalue weighted by molar-refractivity contribution is 5.74. The van der Waals surface area contributed by atoms with Gasteiger partial charge in [0.25, 0.3) is 0 Å². The monoisotopic (exact) mass is 311 g/mol. The zero-order valence-corrected chi connectivity index (χ0v) is 13.7. The molecule has 1 saturated carbocycles. The molecule has 126 valence electrons. The van der Waals surface area contributed by atoms with E-state index in [4.69, 9.17) is 0 Å². The van der Waals surface area contributed by atoms with Crippen molar-refractivity contribution >= 4 is 12.0 Å². The number of hydrogen-bond donors (Lipinski definition) is 1. The molecule has 2 amide bonds. The molecule has 1 aliphatic heterocycles. The molecule has 2 fully saturated rings. The number of unbranched alkanes of at least 4 members (excludes halogenated alkanes) is 1. The van der Waals surface area contributed by atoms with E-state index in [1.165, 1.54) is 32.8 Å². The number of rotatable bonds is 6. The highest BCUT2D eigenvalue weighted by atomic mass is 16.5. The van der Waals surface area contributed by atoms with E-state index in [0.29, 0.717) is 13.0 Å². The normalized spacial score (nSPS) is 20.1. The van der Waals surface area contributed by atoms with Crippen LogP contribution in [0.3, 0.4) is 0 Å². The molecule has 2 aliphatic rings. The second kappa shape index (κ2) is 8.98. The van der Waals surface area contributed by atoms with Gasteiger partial charge >= 0.3 is 12.0 Å². The van der Waals surface area contributed by atoms with Crippen molar-refractivity contribution in [2.75, 3.05) is 39.8 Å². The van der Waals surface area contributed by atoms with Gasteiger partial charge in [-0.25, -0.2) is 4.79 Å². The first-order valence-electron chi connectivity index (χ1n) is 8.54. The molecule has 2 rings (SSSR count). The van der Waals surface area contributed by atoms with Crippen LogP contribution in [0.25, 0.3) is 0 Å². The number of esters is 1. The number of hydrogen-bond acceptors (Lipinski definition) is 4. The summed E-state index contributed by atoms with van der Waals surface area (Å²) in [6, 6.07) is 0.785. The van der Waals surface area contributed by atoms with Crippen LogP contribution < -0.4 is 5.32 Å². The molecule has 22 heavy (non-hydrogen) atoms. The molecule has 0 aromatic rings. The number of carbonyl (C=O) groups is 2. The summed E-state index contributed by atoms with van der Waals surface area (Å²) in [6.07, 6.45) is 7.35. The lowest BCUT2D eigenvalue weighted by molar-refractivity contribution is -0.140. The molecule has 1 aliphatic carbocycles. The SMILES string of the molecule is COC(=O)CCCCNC(=O)N1CCN(C2CCCC2)CC1. The van der Waals surface area contributed by atoms with Gasteiger partial charge in [-0.05, 0) is 25.7 Å². The molecule has 0 aromatic heterocycles. The summed E-state index contributed by atoms with van der Waals surface area (Å²) in [4.78, 5) is 27.5. The van der Waals surface area contributed by atoms with E-state index < -0.39 is 0 Å². The van der Waals surface area contributed by atoms with Crippen LogP contribution in [-0.2, 0) is 9.53 Å². The second-order valence-corrected chi connectivity index (χ2v) is 6.23. The van der Waals surface area contributed by atoms with Crippen LogP contribution in [0, 0.1) is 0 Å². The van der Waals surface area contributed by atoms with Crippen molar-refractivity contribution in [2.45, 2.75) is 51.0 Å². The van der Waals surface area contributed by atoms with Crippen LogP contribution in [0.2, 0.25) is 0 Å². The third-order valence-corrected chi connectivity index (χ3v) is 4.75. The predicted molar refractivity (Wildman–Crippen MR) is 84.7 cm³/mol. The summed E-state index contributed by atoms with van der Waals surface area (Å²) in [6.45, 7) is 4.27. The molecule has 0 bridgehead atoms. The largest absolute Gasteiger partial charge is 0.469 e. The lowest BCUT2D eigenvalue weighted by atomic mass is 10.2. The van der Waals surface area contributed by atoms with E-state index in [-0.39, 0.29) is 12.0 Å². The van der Waals surface area contributed by atoms with E-state index in [2.05, 4.69) is 15.0 Å². The Labute approximate surface area is 133 Å². The maximum atomic E-state index is 12.1. The second-order valence-electron chi connectivity index (χ2n) is 6.23. The Kier molecular flexibility index (Phi) is 6.96. The fourth-order valence-electron chi connectivity index (χ4n) is 3.36. The molecular weight excluding hydrogens is 282 g/mol. The predicted octanol–water partition coefficient (Wildman–Crippen LogP) is 1.60. The minimum absolute atomic E-state index is 0.0316. The van der Waals surface area contributed by atoms with Gasteiger partial charge in [0.15, 0.2) is 0 Å². The van der Waals surface area contributed by atoms with Gasteiger partial charge in [-0.15, -0.1) is 0 Å². The molecule has 0 aromatic carbocycles. The molecule has 6 nitrogen and oxygen atoms in total. The maximum Gasteiger partial charge on any atom is 0.317 e. The number of methoxy groups -OCH3 is 1. The van der Waals surface area contributed by atoms with Crippen LogP contribution in [-0.4, -0.2) is 67.7 Å². The smallest absolute Gasteiger partial charge is 0.317 e. The fraction of sp³-hybridized carbons (Fsp3) is 0.875. The average molecular weight is 311 g/mol. The zero-order chi connectivity index (χ0) is 15.8. The minimum atomic E-state index is -0.186. The molecule has 1 saturated heterocycles. The van der Waals surface area contributed by atoms with Gasteiger partial charge in [0.2, 0.25) is 0 Å². The molecule has 0 unspecified atom stereocenters. The van der Waals surface area contributed by atoms with Crippen molar-refractivity contribution < 1.29 is 14.3 Å². The van der Waals surface area contributed by atoms with Crippen molar-refractivity contribution in [1.29, 1.82) is 0 Å². The Bertz CT molecular complexity index is 362. The lowest BCUT2D eigenvalue weighted by Gasteiger charge is -2.38. The number of carbonyl (C=O) groups excluding carboxylic acids is 2. The van der Waals surface area contributed by atoms with Gasteiger partial charge in [-0.1, -0.05) is 12.8 Å². The van der Waals surface area contributed by atoms with Crippen molar-refractivity contribution in [3.63, 3.8) is 0 Å². The van der Waals surface area contributed by atoms with Gasteiger partial charge in [-0.2, -0.15) is 0 Å². The Balaban J connectivity index is 1.56. The van der Waals surface area contributed by atoms with E-state index >= 15 is 0 Å². The lowest BCUT2D eigenvalue weighted by Crippen LogP contribution is -2.53. The number of amides is 2. The Hall–Kier alpha value is -1.30. The fourth-order valence-corrected chi connectivity index (χ4v) is 3.36. The third kappa shape index (κ3) is 5.16. The number of piperazine rings is 1. The molecule has 1 heterocycles. The first kappa shape index (κ1) is 17.1. The number of ether oxygens (including phenoxy) is 1. The van der Waals surface area contributed by atoms with E-state index in [1.54, 1.807) is 0 Å². The van der Waals surface area contributed by atoms with Crippen molar-refractivity contribution in [3.05, 3.63) is 0 Å². The summed E-state index contributed by atoms with van der Waals surface area (Å²) < 4.78 is 4.59. The van der Waals surface area contributed by atoms with Crippen LogP contribution >= 0.6 is 0 Å². The van der Waals surface area contributed by atoms with Gasteiger partial charge in [0.1, 0.15) is 0 Å². The Morgan fingerprint density at radius 2 is 1.77 bits per heavy atom. The number of nitrogens with one attached hydrogen (secondary N) is 1. The van der Waals surface area contributed by atoms with Crippen LogP contribution in [0.4, 0.5) is 4.79 Å². The number of nitrogens with zero attached hydrogens (tertiary/aromatic N) is 2. The Morgan fingerprint density at radius 1 is 1.09 bits per heavy atom. The quantitative estimate of drug-likeness (QED) is 0.598. The summed E-state index contributed by atoms with van der Waals surface area (Å²) in [5.41, 5.74) is 0. The zero-order valence-electron chi connectivity index (χ0n) is 13.7. The van der Waals surface area contributed by atoms with Crippen LogP contribution in [0.15, 0.2) is 0 Å². The van der Waals surface area contributed by atoms with Crippen LogP contribution in [0.5, 0.6) is 0 Å². The first-order chi connectivity index (χ1) is 10.7. The molecule has 0 radical (unpaired) electrons. The third-order valence-electron chi connectivity index (χ3n) is 4.75. The molecular formula is C16H29N3O3. The summed E-state index contributed by atoms with van der Waals surface area (Å²) in [5.74, 6) is -0.186. The molecule has 6 heteroatoms. The van der Waals surface area contributed by atoms with Crippen molar-refractivity contribution in [2.24, 2.45) is 0 Å². The van der Waals surface area contributed by atoms with Gasteiger partial charge in [0.05, 0.1) is 7.11 Å². The average Bonchev–Trinajstić information content (AvgIpc) is 3.08. The van der Waals surface area contributed by atoms with Crippen molar-refractivity contribution in [1.82, 2.24) is 15.1 Å². The molecule has 0 spiro atoms. The first-order valence-corrected chi connectivity index (χ1v) is 8.54. The highest BCUT2D eigenvalue weighted by Crippen LogP contribution is 2.24. The van der Waals surface area contributed by atoms with E-state index in [0.717, 1.165) is 45.1 Å². The molecule has 0 atom stereocenters. The van der Waals surface area contributed by atoms with Gasteiger partial charge in [-0.3, -0.25) is 9.69 Å². The maximum absolute atomic E-state index is 12.1. The number of urea groups is 1.